The minimum absolute atomic E-state index is 0.242. The average Bonchev–Trinajstić information content (AvgIpc) is 3.13. The van der Waals surface area contributed by atoms with Crippen molar-refractivity contribution >= 4 is 50.9 Å². The highest BCUT2D eigenvalue weighted by molar-refractivity contribution is 7.21. The maximum absolute atomic E-state index is 12.9. The van der Waals surface area contributed by atoms with Crippen molar-refractivity contribution < 1.29 is 14.4 Å². The molecule has 1 fully saturated rings. The highest BCUT2D eigenvalue weighted by Crippen LogP contribution is 2.35. The van der Waals surface area contributed by atoms with Gasteiger partial charge in [0.1, 0.15) is 10.4 Å². The molecule has 0 aliphatic carbocycles. The van der Waals surface area contributed by atoms with Crippen LogP contribution in [0.1, 0.15) is 22.2 Å². The number of thiophene rings is 1. The standard InChI is InChI=1S/C19H14ClN3O3S/c1-19(11-7-3-2-4-8-11)17(25)23(18(26)21-19)22-16(24)15-14(20)12-9-5-6-10-13(12)27-15/h2-10H,1H3,(H,21,26)(H,22,24)/t19-/m1/s1. The van der Waals surface area contributed by atoms with E-state index in [1.54, 1.807) is 31.2 Å². The predicted octanol–water partition coefficient (Wildman–Crippen LogP) is 3.67. The fraction of sp³-hybridized carbons (Fsp3) is 0.105. The van der Waals surface area contributed by atoms with Crippen LogP contribution in [0.4, 0.5) is 4.79 Å². The molecule has 4 amide bonds. The van der Waals surface area contributed by atoms with Crippen LogP contribution in [0.3, 0.4) is 0 Å². The number of rotatable bonds is 3. The van der Waals surface area contributed by atoms with Crippen molar-refractivity contribution in [2.24, 2.45) is 0 Å². The van der Waals surface area contributed by atoms with Gasteiger partial charge in [0.15, 0.2) is 0 Å². The normalized spacial score (nSPS) is 19.4. The van der Waals surface area contributed by atoms with Gasteiger partial charge in [0.05, 0.1) is 5.02 Å². The van der Waals surface area contributed by atoms with Crippen LogP contribution in [-0.4, -0.2) is 22.9 Å². The zero-order chi connectivity index (χ0) is 19.2. The maximum Gasteiger partial charge on any atom is 0.344 e. The van der Waals surface area contributed by atoms with Crippen molar-refractivity contribution in [2.75, 3.05) is 0 Å². The Morgan fingerprint density at radius 1 is 1.11 bits per heavy atom. The molecule has 136 valence electrons. The molecule has 0 bridgehead atoms. The van der Waals surface area contributed by atoms with Crippen LogP contribution < -0.4 is 10.7 Å². The zero-order valence-electron chi connectivity index (χ0n) is 14.2. The fourth-order valence-electron chi connectivity index (χ4n) is 3.02. The van der Waals surface area contributed by atoms with Crippen LogP contribution >= 0.6 is 22.9 Å². The third-order valence-corrected chi connectivity index (χ3v) is 6.17. The largest absolute Gasteiger partial charge is 0.344 e. The molecule has 1 saturated heterocycles. The number of benzene rings is 2. The van der Waals surface area contributed by atoms with Gasteiger partial charge in [-0.1, -0.05) is 60.1 Å². The van der Waals surface area contributed by atoms with Gasteiger partial charge in [0.2, 0.25) is 0 Å². The molecule has 2 aromatic carbocycles. The molecule has 0 saturated carbocycles. The Kier molecular flexibility index (Phi) is 4.13. The minimum Gasteiger partial charge on any atom is -0.318 e. The molecule has 0 unspecified atom stereocenters. The first-order valence-corrected chi connectivity index (χ1v) is 9.31. The zero-order valence-corrected chi connectivity index (χ0v) is 15.7. The molecule has 1 aromatic heterocycles. The molecule has 1 aliphatic heterocycles. The lowest BCUT2D eigenvalue weighted by atomic mass is 9.92. The van der Waals surface area contributed by atoms with Gasteiger partial charge in [0.25, 0.3) is 11.8 Å². The number of imide groups is 1. The van der Waals surface area contributed by atoms with Crippen molar-refractivity contribution in [3.63, 3.8) is 0 Å². The Morgan fingerprint density at radius 2 is 1.78 bits per heavy atom. The second kappa shape index (κ2) is 6.37. The Balaban J connectivity index is 1.62. The van der Waals surface area contributed by atoms with E-state index in [1.807, 2.05) is 30.3 Å². The van der Waals surface area contributed by atoms with Gasteiger partial charge in [-0.25, -0.2) is 4.79 Å². The molecular weight excluding hydrogens is 386 g/mol. The Labute approximate surface area is 163 Å². The summed E-state index contributed by atoms with van der Waals surface area (Å²) in [7, 11) is 0. The summed E-state index contributed by atoms with van der Waals surface area (Å²) in [6.45, 7) is 1.60. The minimum atomic E-state index is -1.25. The third-order valence-electron chi connectivity index (χ3n) is 4.50. The molecule has 0 radical (unpaired) electrons. The van der Waals surface area contributed by atoms with Gasteiger partial charge in [-0.05, 0) is 18.6 Å². The van der Waals surface area contributed by atoms with E-state index in [2.05, 4.69) is 10.7 Å². The van der Waals surface area contributed by atoms with Gasteiger partial charge in [-0.15, -0.1) is 11.3 Å². The second-order valence-corrected chi connectivity index (χ2v) is 7.67. The summed E-state index contributed by atoms with van der Waals surface area (Å²) >= 11 is 7.51. The maximum atomic E-state index is 12.9. The summed E-state index contributed by atoms with van der Waals surface area (Å²) < 4.78 is 0.846. The quantitative estimate of drug-likeness (QED) is 0.659. The van der Waals surface area contributed by atoms with Crippen LogP contribution in [0.15, 0.2) is 54.6 Å². The van der Waals surface area contributed by atoms with Gasteiger partial charge in [0, 0.05) is 10.1 Å². The van der Waals surface area contributed by atoms with Crippen LogP contribution in [0, 0.1) is 0 Å². The van der Waals surface area contributed by atoms with E-state index in [9.17, 15) is 14.4 Å². The van der Waals surface area contributed by atoms with E-state index in [0.29, 0.717) is 15.6 Å². The lowest BCUT2D eigenvalue weighted by Gasteiger charge is -2.22. The SMILES string of the molecule is C[C@]1(c2ccccc2)NC(=O)N(NC(=O)c2sc3ccccc3c2Cl)C1=O. The first-order chi connectivity index (χ1) is 12.9. The number of nitrogens with one attached hydrogen (secondary N) is 2. The molecule has 0 spiro atoms. The number of hydrogen-bond acceptors (Lipinski definition) is 4. The molecule has 27 heavy (non-hydrogen) atoms. The monoisotopic (exact) mass is 399 g/mol. The third kappa shape index (κ3) is 2.75. The molecule has 1 atom stereocenters. The Hall–Kier alpha value is -2.90. The van der Waals surface area contributed by atoms with E-state index < -0.39 is 23.4 Å². The molecule has 1 aliphatic rings. The predicted molar refractivity (Wildman–Crippen MR) is 103 cm³/mol. The number of urea groups is 1. The number of fused-ring (bicyclic) bond motifs is 1. The Bertz CT molecular complexity index is 1080. The molecule has 6 nitrogen and oxygen atoms in total. The van der Waals surface area contributed by atoms with Crippen molar-refractivity contribution in [3.8, 4) is 0 Å². The number of carbonyl (C=O) groups excluding carboxylic acids is 3. The molecule has 4 rings (SSSR count). The summed E-state index contributed by atoms with van der Waals surface area (Å²) in [5.74, 6) is -1.17. The smallest absolute Gasteiger partial charge is 0.318 e. The van der Waals surface area contributed by atoms with E-state index in [4.69, 9.17) is 11.6 Å². The highest BCUT2D eigenvalue weighted by atomic mass is 35.5. The molecule has 8 heteroatoms. The number of hydrazine groups is 1. The number of amides is 4. The van der Waals surface area contributed by atoms with Crippen LogP contribution in [0.5, 0.6) is 0 Å². The van der Waals surface area contributed by atoms with E-state index >= 15 is 0 Å². The van der Waals surface area contributed by atoms with E-state index in [-0.39, 0.29) is 4.88 Å². The van der Waals surface area contributed by atoms with Crippen LogP contribution in [0.2, 0.25) is 5.02 Å². The van der Waals surface area contributed by atoms with Gasteiger partial charge in [-0.2, -0.15) is 5.01 Å². The first kappa shape index (κ1) is 17.5. The molecule has 3 aromatic rings. The highest BCUT2D eigenvalue weighted by Gasteiger charge is 2.50. The van der Waals surface area contributed by atoms with Crippen molar-refractivity contribution in [1.29, 1.82) is 0 Å². The van der Waals surface area contributed by atoms with E-state index in [1.165, 1.54) is 11.3 Å². The van der Waals surface area contributed by atoms with Crippen LogP contribution in [0.25, 0.3) is 10.1 Å². The number of hydrogen-bond donors (Lipinski definition) is 2. The average molecular weight is 400 g/mol. The van der Waals surface area contributed by atoms with Crippen molar-refractivity contribution in [3.05, 3.63) is 70.1 Å². The number of nitrogens with zero attached hydrogens (tertiary/aromatic N) is 1. The molecule has 2 N–H and O–H groups in total. The summed E-state index contributed by atoms with van der Waals surface area (Å²) in [5, 5.41) is 4.39. The fourth-order valence-corrected chi connectivity index (χ4v) is 4.43. The van der Waals surface area contributed by atoms with Gasteiger partial charge in [-0.3, -0.25) is 15.0 Å². The second-order valence-electron chi connectivity index (χ2n) is 6.24. The first-order valence-electron chi connectivity index (χ1n) is 8.12. The summed E-state index contributed by atoms with van der Waals surface area (Å²) in [5.41, 5.74) is 1.75. The number of carbonyl (C=O) groups is 3. The number of halogens is 1. The lowest BCUT2D eigenvalue weighted by molar-refractivity contribution is -0.132. The topological polar surface area (TPSA) is 78.5 Å². The lowest BCUT2D eigenvalue weighted by Crippen LogP contribution is -2.47. The van der Waals surface area contributed by atoms with Crippen molar-refractivity contribution in [1.82, 2.24) is 15.8 Å². The van der Waals surface area contributed by atoms with Gasteiger partial charge >= 0.3 is 6.03 Å². The molecular formula is C19H14ClN3O3S. The van der Waals surface area contributed by atoms with E-state index in [0.717, 1.165) is 10.1 Å². The van der Waals surface area contributed by atoms with Crippen molar-refractivity contribution in [2.45, 2.75) is 12.5 Å². The molecule has 2 heterocycles. The van der Waals surface area contributed by atoms with Gasteiger partial charge < -0.3 is 5.32 Å². The Morgan fingerprint density at radius 3 is 2.48 bits per heavy atom. The van der Waals surface area contributed by atoms with Crippen LogP contribution in [-0.2, 0) is 10.3 Å². The summed E-state index contributed by atoms with van der Waals surface area (Å²) in [4.78, 5) is 38.1. The summed E-state index contributed by atoms with van der Waals surface area (Å²) in [6, 6.07) is 15.5. The summed E-state index contributed by atoms with van der Waals surface area (Å²) in [6.07, 6.45) is 0.